The summed E-state index contributed by atoms with van der Waals surface area (Å²) >= 11 is 7.03. The fraction of sp³-hybridized carbons (Fsp3) is 0.0526. The second kappa shape index (κ2) is 6.09. The van der Waals surface area contributed by atoms with Gasteiger partial charge in [0.2, 0.25) is 0 Å². The van der Waals surface area contributed by atoms with Crippen LogP contribution in [0.3, 0.4) is 0 Å². The van der Waals surface area contributed by atoms with Crippen LogP contribution in [0.5, 0.6) is 0 Å². The molecule has 0 N–H and O–H groups in total. The Hall–Kier alpha value is -1.51. The van der Waals surface area contributed by atoms with Gasteiger partial charge in [-0.1, -0.05) is 0 Å². The monoisotopic (exact) mass is 354 g/mol. The molecule has 0 heterocycles. The Morgan fingerprint density at radius 1 is 0.619 bits per heavy atom. The van der Waals surface area contributed by atoms with Gasteiger partial charge in [-0.15, -0.1) is 0 Å². The number of hydrogen-bond donors (Lipinski definition) is 0. The van der Waals surface area contributed by atoms with Crippen molar-refractivity contribution in [2.75, 3.05) is 0 Å². The first-order valence-corrected chi connectivity index (χ1v) is 9.56. The Bertz CT molecular complexity index is 683. The van der Waals surface area contributed by atoms with Crippen LogP contribution in [0.2, 0.25) is 5.02 Å². The van der Waals surface area contributed by atoms with Crippen LogP contribution >= 0.6 is 11.6 Å². The van der Waals surface area contributed by atoms with E-state index < -0.39 is 0 Å². The molecule has 0 nitrogen and oxygen atoms in total. The third-order valence-corrected chi connectivity index (χ3v) is 8.00. The summed E-state index contributed by atoms with van der Waals surface area (Å²) in [6.45, 7) is 0. The Morgan fingerprint density at radius 3 is 1.52 bits per heavy atom. The van der Waals surface area contributed by atoms with Gasteiger partial charge in [0.25, 0.3) is 0 Å². The normalized spacial score (nSPS) is 11.5. The topological polar surface area (TPSA) is 0 Å². The van der Waals surface area contributed by atoms with Crippen LogP contribution in [0, 0.1) is 0 Å². The quantitative estimate of drug-likeness (QED) is 0.493. The fourth-order valence-corrected chi connectivity index (χ4v) is 5.86. The van der Waals surface area contributed by atoms with Gasteiger partial charge in [0.1, 0.15) is 0 Å². The van der Waals surface area contributed by atoms with E-state index in [2.05, 4.69) is 72.8 Å². The van der Waals surface area contributed by atoms with Crippen molar-refractivity contribution < 1.29 is 0 Å². The number of hydrogen-bond acceptors (Lipinski definition) is 0. The first kappa shape index (κ1) is 14.4. The van der Waals surface area contributed by atoms with E-state index in [1.165, 1.54) is 16.7 Å². The van der Waals surface area contributed by atoms with E-state index in [9.17, 15) is 0 Å². The molecule has 21 heavy (non-hydrogen) atoms. The van der Waals surface area contributed by atoms with Gasteiger partial charge in [0.05, 0.1) is 0 Å². The summed E-state index contributed by atoms with van der Waals surface area (Å²) < 4.78 is -0.0755. The minimum absolute atomic E-state index is 0.0755. The molecular weight excluding hydrogens is 336 g/mol. The Morgan fingerprint density at radius 2 is 1.05 bits per heavy atom. The van der Waals surface area contributed by atoms with Crippen LogP contribution in [-0.4, -0.2) is 16.5 Å². The van der Waals surface area contributed by atoms with Crippen molar-refractivity contribution in [2.24, 2.45) is 0 Å². The third-order valence-electron chi connectivity index (χ3n) is 4.11. The van der Waals surface area contributed by atoms with Gasteiger partial charge in [-0.3, -0.25) is 0 Å². The summed E-state index contributed by atoms with van der Waals surface area (Å²) in [5.74, 6) is 0. The van der Waals surface area contributed by atoms with E-state index in [1.807, 2.05) is 12.1 Å². The van der Waals surface area contributed by atoms with Gasteiger partial charge in [-0.25, -0.2) is 0 Å². The predicted octanol–water partition coefficient (Wildman–Crippen LogP) is 4.00. The van der Waals surface area contributed by atoms with Gasteiger partial charge in [0.15, 0.2) is 0 Å². The molecule has 0 fully saturated rings. The summed E-state index contributed by atoms with van der Waals surface area (Å²) in [6, 6.07) is 29.6. The molecule has 0 aliphatic rings. The molecule has 0 bridgehead atoms. The van der Waals surface area contributed by atoms with Gasteiger partial charge < -0.3 is 0 Å². The molecule has 3 aromatic rings. The number of halogens is 1. The Balaban J connectivity index is 2.29. The molecule has 104 valence electrons. The van der Waals surface area contributed by atoms with Crippen LogP contribution in [-0.2, 0) is 4.25 Å². The van der Waals surface area contributed by atoms with Crippen LogP contribution in [0.15, 0.2) is 84.9 Å². The van der Waals surface area contributed by atoms with Crippen LogP contribution in [0.4, 0.5) is 0 Å². The molecule has 0 unspecified atom stereocenters. The van der Waals surface area contributed by atoms with E-state index in [-0.39, 0.29) is 4.25 Å². The standard InChI is InChI=1S/C19H17ClGe/c20-18-14-8-7-13-17(18)19(21,15-9-3-1-4-10-15)16-11-5-2-6-12-16/h1-14H,21H3. The summed E-state index contributed by atoms with van der Waals surface area (Å²) in [6.07, 6.45) is 0. The second-order valence-electron chi connectivity index (χ2n) is 5.34. The number of benzene rings is 3. The minimum atomic E-state index is -0.0755. The zero-order valence-electron chi connectivity index (χ0n) is 12.0. The molecule has 0 radical (unpaired) electrons. The van der Waals surface area contributed by atoms with E-state index >= 15 is 0 Å². The summed E-state index contributed by atoms with van der Waals surface area (Å²) in [5, 5.41) is 0.846. The molecular formula is C19H17ClGe. The summed E-state index contributed by atoms with van der Waals surface area (Å²) in [4.78, 5) is 0. The molecule has 0 saturated carbocycles. The molecule has 2 heteroatoms. The zero-order valence-corrected chi connectivity index (χ0v) is 16.9. The molecule has 0 saturated heterocycles. The van der Waals surface area contributed by atoms with Crippen LogP contribution in [0.25, 0.3) is 0 Å². The van der Waals surface area contributed by atoms with Gasteiger partial charge >= 0.3 is 139 Å². The maximum absolute atomic E-state index is 6.54. The molecule has 0 amide bonds. The third kappa shape index (κ3) is 2.66. The SMILES string of the molecule is Clc1ccccc1[C]([GeH3])(c1ccccc1)c1ccccc1. The molecule has 3 rings (SSSR count). The van der Waals surface area contributed by atoms with Crippen molar-refractivity contribution in [1.82, 2.24) is 0 Å². The van der Waals surface area contributed by atoms with Crippen molar-refractivity contribution in [3.05, 3.63) is 107 Å². The van der Waals surface area contributed by atoms with Gasteiger partial charge in [-0.05, 0) is 0 Å². The molecule has 0 atom stereocenters. The van der Waals surface area contributed by atoms with E-state index in [4.69, 9.17) is 11.6 Å². The van der Waals surface area contributed by atoms with Gasteiger partial charge in [0, 0.05) is 0 Å². The maximum atomic E-state index is 6.54. The fourth-order valence-electron chi connectivity index (χ4n) is 2.89. The van der Waals surface area contributed by atoms with Crippen molar-refractivity contribution in [3.63, 3.8) is 0 Å². The predicted molar refractivity (Wildman–Crippen MR) is 94.2 cm³/mol. The molecule has 3 aromatic carbocycles. The number of rotatable bonds is 3. The van der Waals surface area contributed by atoms with Crippen LogP contribution in [0.1, 0.15) is 16.7 Å². The first-order valence-electron chi connectivity index (χ1n) is 7.09. The summed E-state index contributed by atoms with van der Waals surface area (Å²) in [7, 11) is 0. The average Bonchev–Trinajstić information content (AvgIpc) is 2.56. The first-order chi connectivity index (χ1) is 10.2. The van der Waals surface area contributed by atoms with Crippen molar-refractivity contribution in [3.8, 4) is 0 Å². The molecule has 0 aliphatic carbocycles. The molecule has 0 aliphatic heterocycles. The van der Waals surface area contributed by atoms with Crippen molar-refractivity contribution in [1.29, 1.82) is 0 Å². The van der Waals surface area contributed by atoms with E-state index in [0.717, 1.165) is 5.02 Å². The van der Waals surface area contributed by atoms with E-state index in [1.54, 1.807) is 0 Å². The van der Waals surface area contributed by atoms with Gasteiger partial charge in [-0.2, -0.15) is 0 Å². The molecule has 0 aromatic heterocycles. The average molecular weight is 353 g/mol. The second-order valence-corrected chi connectivity index (χ2v) is 8.89. The van der Waals surface area contributed by atoms with E-state index in [0.29, 0.717) is 16.5 Å². The van der Waals surface area contributed by atoms with Crippen LogP contribution < -0.4 is 0 Å². The Labute approximate surface area is 139 Å². The summed E-state index contributed by atoms with van der Waals surface area (Å²) in [5.41, 5.74) is 3.86. The van der Waals surface area contributed by atoms with Crippen molar-refractivity contribution in [2.45, 2.75) is 4.25 Å². The van der Waals surface area contributed by atoms with Crippen molar-refractivity contribution >= 4 is 28.1 Å². The molecule has 0 spiro atoms. The Kier molecular flexibility index (Phi) is 4.18. The zero-order chi connectivity index (χ0) is 14.7.